The summed E-state index contributed by atoms with van der Waals surface area (Å²) in [5.41, 5.74) is 4.62. The van der Waals surface area contributed by atoms with Crippen LogP contribution in [0.5, 0.6) is 0 Å². The molecule has 3 aliphatic rings. The predicted molar refractivity (Wildman–Crippen MR) is 173 cm³/mol. The lowest BCUT2D eigenvalue weighted by Gasteiger charge is -2.41. The fourth-order valence-corrected chi connectivity index (χ4v) is 5.38. The Hall–Kier alpha value is -3.55. The molecule has 13 heteroatoms. The molecule has 0 saturated carbocycles. The number of halogens is 2. The fraction of sp³-hybridized carbons (Fsp3) is 0.364. The molecule has 46 heavy (non-hydrogen) atoms. The molecule has 8 atom stereocenters. The number of allylic oxidation sites excluding steroid dienone is 15. The maximum Gasteiger partial charge on any atom is 0.264 e. The Kier molecular flexibility index (Phi) is 14.4. The van der Waals surface area contributed by atoms with Crippen LogP contribution in [0.4, 0.5) is 0 Å². The topological polar surface area (TPSA) is 180 Å². The van der Waals surface area contributed by atoms with Crippen LogP contribution in [0.2, 0.25) is 0 Å². The fourth-order valence-electron chi connectivity index (χ4n) is 4.84. The second kappa shape index (κ2) is 18.0. The Morgan fingerprint density at radius 1 is 0.957 bits per heavy atom. The van der Waals surface area contributed by atoms with E-state index < -0.39 is 72.5 Å². The summed E-state index contributed by atoms with van der Waals surface area (Å²) in [6.45, 7) is 1.56. The minimum Gasteiger partial charge on any atom is -0.507 e. The molecule has 248 valence electrons. The van der Waals surface area contributed by atoms with Crippen molar-refractivity contribution in [3.8, 4) is 0 Å². The maximum absolute atomic E-state index is 13.1. The summed E-state index contributed by atoms with van der Waals surface area (Å²) in [7, 11) is 0. The van der Waals surface area contributed by atoms with Gasteiger partial charge in [0, 0.05) is 5.03 Å². The van der Waals surface area contributed by atoms with E-state index in [1.165, 1.54) is 12.2 Å². The molecule has 0 aromatic heterocycles. The van der Waals surface area contributed by atoms with Crippen LogP contribution >= 0.6 is 23.2 Å². The molecule has 0 aromatic carbocycles. The number of carbonyl (C=O) groups is 3. The number of primary amides is 1. The monoisotopic (exact) mass is 676 g/mol. The summed E-state index contributed by atoms with van der Waals surface area (Å²) < 4.78 is 11.0. The molecule has 11 nitrogen and oxygen atoms in total. The summed E-state index contributed by atoms with van der Waals surface area (Å²) in [4.78, 5) is 38.5. The van der Waals surface area contributed by atoms with E-state index in [4.69, 9.17) is 38.4 Å². The molecule has 3 rings (SSSR count). The van der Waals surface area contributed by atoms with Crippen molar-refractivity contribution >= 4 is 40.8 Å². The van der Waals surface area contributed by atoms with Crippen molar-refractivity contribution in [2.24, 2.45) is 5.73 Å². The molecule has 0 radical (unpaired) electrons. The maximum atomic E-state index is 13.1. The standard InChI is InChI=1S/C33H38Cl2N2O9/c1-20-17-22(35)26(46-20)16-12-8-7-10-14-21(34)13-9-5-3-2-4-6-11-15-24(38)28-29(41)23(18-27(36)40)37(32(28)44)33-31(43)30(42)25(39)19-45-33/h2-16,20,22-23,25-26,30-31,33,38-39,42-43H,17-19H2,1H3,(H2,36,40)/b3-2+,6-4+,8-7-,9-5+,14-10+,15-11+,16-12+,21-13-,28-24-/t20-,22+,23+,25-,26+,30+,31-,33-/m1/s1. The number of hydrogen-bond donors (Lipinski definition) is 5. The number of likely N-dealkylation sites (tertiary alicyclic amines) is 1. The predicted octanol–water partition coefficient (Wildman–Crippen LogP) is 2.69. The molecule has 2 amide bonds. The van der Waals surface area contributed by atoms with Gasteiger partial charge in [0.15, 0.2) is 12.0 Å². The van der Waals surface area contributed by atoms with Crippen LogP contribution in [-0.2, 0) is 23.9 Å². The number of nitrogens with zero attached hydrogens (tertiary/aromatic N) is 1. The Morgan fingerprint density at radius 2 is 1.57 bits per heavy atom. The zero-order valence-electron chi connectivity index (χ0n) is 25.0. The highest BCUT2D eigenvalue weighted by Gasteiger charge is 2.53. The molecule has 0 spiro atoms. The second-order valence-electron chi connectivity index (χ2n) is 10.7. The van der Waals surface area contributed by atoms with Gasteiger partial charge >= 0.3 is 0 Å². The normalized spacial score (nSPS) is 32.8. The first kappa shape index (κ1) is 36.9. The third kappa shape index (κ3) is 10.2. The third-order valence-corrected chi connectivity index (χ3v) is 7.78. The lowest BCUT2D eigenvalue weighted by Crippen LogP contribution is -2.61. The van der Waals surface area contributed by atoms with Crippen molar-refractivity contribution in [1.29, 1.82) is 0 Å². The van der Waals surface area contributed by atoms with Gasteiger partial charge in [0.25, 0.3) is 5.91 Å². The zero-order valence-corrected chi connectivity index (χ0v) is 26.5. The van der Waals surface area contributed by atoms with E-state index in [-0.39, 0.29) is 17.6 Å². The third-order valence-electron chi connectivity index (χ3n) is 7.10. The largest absolute Gasteiger partial charge is 0.507 e. The van der Waals surface area contributed by atoms with Gasteiger partial charge in [-0.3, -0.25) is 19.3 Å². The van der Waals surface area contributed by atoms with Crippen molar-refractivity contribution in [1.82, 2.24) is 4.90 Å². The smallest absolute Gasteiger partial charge is 0.264 e. The van der Waals surface area contributed by atoms with Gasteiger partial charge in [-0.15, -0.1) is 11.6 Å². The van der Waals surface area contributed by atoms with Gasteiger partial charge in [-0.05, 0) is 31.6 Å². The molecule has 3 aliphatic heterocycles. The van der Waals surface area contributed by atoms with Crippen LogP contribution in [0, 0.1) is 0 Å². The van der Waals surface area contributed by atoms with Gasteiger partial charge in [0.05, 0.1) is 30.6 Å². The Labute approximate surface area is 277 Å². The number of hydrogen-bond acceptors (Lipinski definition) is 9. The van der Waals surface area contributed by atoms with Gasteiger partial charge in [-0.2, -0.15) is 0 Å². The van der Waals surface area contributed by atoms with Gasteiger partial charge in [0.1, 0.15) is 35.7 Å². The van der Waals surface area contributed by atoms with Crippen LogP contribution in [0.15, 0.2) is 108 Å². The quantitative estimate of drug-likeness (QED) is 0.0683. The van der Waals surface area contributed by atoms with Gasteiger partial charge < -0.3 is 35.6 Å². The van der Waals surface area contributed by atoms with Crippen LogP contribution in [0.1, 0.15) is 19.8 Å². The first-order valence-electron chi connectivity index (χ1n) is 14.5. The number of carbonyl (C=O) groups excluding carboxylic acids is 3. The van der Waals surface area contributed by atoms with Crippen molar-refractivity contribution in [3.05, 3.63) is 108 Å². The van der Waals surface area contributed by atoms with Crippen LogP contribution in [0.25, 0.3) is 0 Å². The van der Waals surface area contributed by atoms with E-state index in [0.29, 0.717) is 5.03 Å². The molecule has 3 heterocycles. The number of nitrogens with two attached hydrogens (primary N) is 1. The van der Waals surface area contributed by atoms with Crippen LogP contribution in [0.3, 0.4) is 0 Å². The summed E-state index contributed by atoms with van der Waals surface area (Å²) in [6.07, 6.45) is 19.2. The highest BCUT2D eigenvalue weighted by Crippen LogP contribution is 2.31. The molecule has 0 bridgehead atoms. The van der Waals surface area contributed by atoms with Crippen LogP contribution in [-0.4, -0.2) is 97.7 Å². The Morgan fingerprint density at radius 3 is 2.20 bits per heavy atom. The molecular formula is C33H38Cl2N2O9. The van der Waals surface area contributed by atoms with Gasteiger partial charge in [0.2, 0.25) is 5.91 Å². The van der Waals surface area contributed by atoms with Crippen molar-refractivity contribution in [2.75, 3.05) is 6.61 Å². The van der Waals surface area contributed by atoms with E-state index in [1.807, 2.05) is 31.2 Å². The second-order valence-corrected chi connectivity index (χ2v) is 11.6. The highest BCUT2D eigenvalue weighted by molar-refractivity contribution is 6.31. The van der Waals surface area contributed by atoms with Gasteiger partial charge in [-0.1, -0.05) is 84.5 Å². The number of ketones is 1. The zero-order chi connectivity index (χ0) is 33.8. The van der Waals surface area contributed by atoms with Gasteiger partial charge in [-0.25, -0.2) is 0 Å². The summed E-state index contributed by atoms with van der Waals surface area (Å²) >= 11 is 12.4. The van der Waals surface area contributed by atoms with E-state index >= 15 is 0 Å². The minimum atomic E-state index is -1.78. The number of rotatable bonds is 12. The molecule has 6 N–H and O–H groups in total. The number of ether oxygens (including phenoxy) is 2. The number of alkyl halides is 1. The molecule has 0 aliphatic carbocycles. The molecule has 0 aromatic rings. The number of aliphatic hydroxyl groups is 4. The molecule has 3 saturated heterocycles. The average Bonchev–Trinajstić information content (AvgIpc) is 3.45. The number of amides is 2. The van der Waals surface area contributed by atoms with Crippen molar-refractivity contribution in [3.63, 3.8) is 0 Å². The van der Waals surface area contributed by atoms with Crippen molar-refractivity contribution in [2.45, 2.75) is 67.9 Å². The molecule has 3 fully saturated rings. The molecule has 0 unspecified atom stereocenters. The first-order chi connectivity index (χ1) is 21.9. The van der Waals surface area contributed by atoms with E-state index in [9.17, 15) is 34.8 Å². The summed E-state index contributed by atoms with van der Waals surface area (Å²) in [6, 6.07) is -1.47. The molecular weight excluding hydrogens is 639 g/mol. The Balaban J connectivity index is 1.53. The minimum absolute atomic E-state index is 0.0149. The number of aliphatic hydroxyl groups excluding tert-OH is 4. The number of Topliss-reactive ketones (excluding diaryl/α,β-unsaturated/α-hetero) is 1. The summed E-state index contributed by atoms with van der Waals surface area (Å²) in [5.74, 6) is -3.52. The summed E-state index contributed by atoms with van der Waals surface area (Å²) in [5, 5.41) is 41.1. The average molecular weight is 678 g/mol. The van der Waals surface area contributed by atoms with E-state index in [1.54, 1.807) is 48.6 Å². The lowest BCUT2D eigenvalue weighted by atomic mass is 10.0. The van der Waals surface area contributed by atoms with Crippen LogP contribution < -0.4 is 5.73 Å². The lowest BCUT2D eigenvalue weighted by molar-refractivity contribution is -0.229. The highest BCUT2D eigenvalue weighted by atomic mass is 35.5. The SMILES string of the molecule is C[C@@H]1C[C@H](Cl)[C@H](/C=C/C=C\C=C\C(Cl)=C\C=C\C=C\C=C\C=C\C(O)=C2/C(=O)[C@H](CC(N)=O)N([C@@H]3OC[C@@H](O)[C@H](O)[C@H]3O)C2=O)O1. The van der Waals surface area contributed by atoms with E-state index in [2.05, 4.69) is 0 Å². The van der Waals surface area contributed by atoms with Crippen molar-refractivity contribution < 1.29 is 44.3 Å². The first-order valence-corrected chi connectivity index (χ1v) is 15.3. The Bertz CT molecular complexity index is 1390. The van der Waals surface area contributed by atoms with E-state index in [0.717, 1.165) is 17.4 Å².